The van der Waals surface area contributed by atoms with Crippen molar-refractivity contribution in [3.63, 3.8) is 0 Å². The molecule has 1 aliphatic rings. The molecular weight excluding hydrogens is 259 g/mol. The van der Waals surface area contributed by atoms with E-state index in [1.165, 1.54) is 18.2 Å². The zero-order valence-electron chi connectivity index (χ0n) is 7.61. The number of rotatable bonds is 3. The summed E-state index contributed by atoms with van der Waals surface area (Å²) in [6.07, 6.45) is -0.179. The van der Waals surface area contributed by atoms with Crippen LogP contribution >= 0.6 is 23.2 Å². The van der Waals surface area contributed by atoms with Gasteiger partial charge in [-0.25, -0.2) is 8.42 Å². The van der Waals surface area contributed by atoms with Crippen molar-refractivity contribution in [2.75, 3.05) is 12.4 Å². The third-order valence-electron chi connectivity index (χ3n) is 2.04. The molecule has 1 heterocycles. The second-order valence-corrected chi connectivity index (χ2v) is 6.16. The van der Waals surface area contributed by atoms with Gasteiger partial charge in [-0.1, -0.05) is 23.2 Å². The molecule has 82 valence electrons. The van der Waals surface area contributed by atoms with Crippen LogP contribution in [0.3, 0.4) is 0 Å². The van der Waals surface area contributed by atoms with Gasteiger partial charge in [0.15, 0.2) is 9.84 Å². The summed E-state index contributed by atoms with van der Waals surface area (Å²) in [7, 11) is -3.36. The van der Waals surface area contributed by atoms with Crippen molar-refractivity contribution >= 4 is 33.0 Å². The molecule has 0 bridgehead atoms. The number of hydrogen-bond donors (Lipinski definition) is 0. The molecule has 1 saturated heterocycles. The number of ether oxygens (including phenoxy) is 1. The molecule has 0 spiro atoms. The summed E-state index contributed by atoms with van der Waals surface area (Å²) in [4.78, 5) is 0.115. The molecule has 0 amide bonds. The summed E-state index contributed by atoms with van der Waals surface area (Å²) >= 11 is 11.5. The average molecular weight is 267 g/mol. The molecule has 1 fully saturated rings. The second-order valence-electron chi connectivity index (χ2n) is 3.31. The van der Waals surface area contributed by atoms with Crippen LogP contribution in [0.4, 0.5) is 0 Å². The van der Waals surface area contributed by atoms with Crippen LogP contribution in [0.2, 0.25) is 10.0 Å². The van der Waals surface area contributed by atoms with Crippen molar-refractivity contribution in [1.29, 1.82) is 0 Å². The lowest BCUT2D eigenvalue weighted by Gasteiger charge is -2.04. The van der Waals surface area contributed by atoms with Crippen molar-refractivity contribution < 1.29 is 13.2 Å². The Labute approximate surface area is 97.9 Å². The van der Waals surface area contributed by atoms with Crippen molar-refractivity contribution in [2.24, 2.45) is 0 Å². The molecule has 0 N–H and O–H groups in total. The zero-order valence-corrected chi connectivity index (χ0v) is 9.94. The van der Waals surface area contributed by atoms with Gasteiger partial charge in [0.05, 0.1) is 28.4 Å². The quantitative estimate of drug-likeness (QED) is 0.788. The average Bonchev–Trinajstić information content (AvgIpc) is 2.86. The Balaban J connectivity index is 2.34. The Morgan fingerprint density at radius 3 is 2.60 bits per heavy atom. The Kier molecular flexibility index (Phi) is 2.94. The van der Waals surface area contributed by atoms with E-state index in [0.29, 0.717) is 11.6 Å². The summed E-state index contributed by atoms with van der Waals surface area (Å²) in [6, 6.07) is 4.35. The van der Waals surface area contributed by atoms with Crippen molar-refractivity contribution in [2.45, 2.75) is 11.0 Å². The molecule has 0 unspecified atom stereocenters. The van der Waals surface area contributed by atoms with E-state index in [4.69, 9.17) is 27.9 Å². The maximum Gasteiger partial charge on any atom is 0.182 e. The molecule has 2 rings (SSSR count). The van der Waals surface area contributed by atoms with Gasteiger partial charge in [0, 0.05) is 5.02 Å². The highest BCUT2D eigenvalue weighted by molar-refractivity contribution is 7.91. The molecule has 15 heavy (non-hydrogen) atoms. The first-order valence-electron chi connectivity index (χ1n) is 4.28. The van der Waals surface area contributed by atoms with E-state index in [1.54, 1.807) is 0 Å². The molecule has 6 heteroatoms. The molecule has 1 atom stereocenters. The maximum atomic E-state index is 11.8. The van der Waals surface area contributed by atoms with Gasteiger partial charge in [0.1, 0.15) is 0 Å². The number of epoxide rings is 1. The Morgan fingerprint density at radius 1 is 1.40 bits per heavy atom. The van der Waals surface area contributed by atoms with E-state index in [0.717, 1.165) is 0 Å². The highest BCUT2D eigenvalue weighted by Crippen LogP contribution is 2.27. The first-order valence-corrected chi connectivity index (χ1v) is 6.69. The minimum Gasteiger partial charge on any atom is -0.372 e. The minimum absolute atomic E-state index is 0.0195. The van der Waals surface area contributed by atoms with E-state index >= 15 is 0 Å². The summed E-state index contributed by atoms with van der Waals surface area (Å²) in [5.41, 5.74) is 0. The van der Waals surface area contributed by atoms with Gasteiger partial charge in [-0.2, -0.15) is 0 Å². The maximum absolute atomic E-state index is 11.8. The largest absolute Gasteiger partial charge is 0.372 e. The first-order chi connectivity index (χ1) is 6.99. The number of hydrogen-bond acceptors (Lipinski definition) is 3. The fourth-order valence-electron chi connectivity index (χ4n) is 1.23. The normalized spacial score (nSPS) is 20.3. The van der Waals surface area contributed by atoms with Crippen LogP contribution in [0.1, 0.15) is 0 Å². The van der Waals surface area contributed by atoms with E-state index in [2.05, 4.69) is 0 Å². The van der Waals surface area contributed by atoms with Gasteiger partial charge in [-0.05, 0) is 18.2 Å². The molecule has 3 nitrogen and oxygen atoms in total. The van der Waals surface area contributed by atoms with Gasteiger partial charge in [0.25, 0.3) is 0 Å². The Morgan fingerprint density at radius 2 is 2.07 bits per heavy atom. The molecule has 0 aromatic heterocycles. The van der Waals surface area contributed by atoms with Gasteiger partial charge < -0.3 is 4.74 Å². The van der Waals surface area contributed by atoms with Crippen LogP contribution in [-0.2, 0) is 14.6 Å². The lowest BCUT2D eigenvalue weighted by Crippen LogP contribution is -2.12. The molecule has 1 aliphatic heterocycles. The summed E-state index contributed by atoms with van der Waals surface area (Å²) in [5.74, 6) is -0.0195. The molecule has 1 aromatic rings. The summed E-state index contributed by atoms with van der Waals surface area (Å²) < 4.78 is 28.5. The predicted molar refractivity (Wildman–Crippen MR) is 58.3 cm³/mol. The number of halogens is 2. The second kappa shape index (κ2) is 3.94. The van der Waals surface area contributed by atoms with Crippen LogP contribution < -0.4 is 0 Å². The molecule has 0 saturated carbocycles. The third-order valence-corrected chi connectivity index (χ3v) is 4.53. The van der Waals surface area contributed by atoms with Gasteiger partial charge >= 0.3 is 0 Å². The molecular formula is C9H8Cl2O3S. The van der Waals surface area contributed by atoms with E-state index in [9.17, 15) is 8.42 Å². The summed E-state index contributed by atoms with van der Waals surface area (Å²) in [5, 5.41) is 0.574. The number of benzene rings is 1. The summed E-state index contributed by atoms with van der Waals surface area (Å²) in [6.45, 7) is 0.504. The Hall–Kier alpha value is -0.290. The number of sulfone groups is 1. The van der Waals surface area contributed by atoms with Crippen molar-refractivity contribution in [3.05, 3.63) is 28.2 Å². The van der Waals surface area contributed by atoms with Crippen LogP contribution in [0, 0.1) is 0 Å². The first kappa shape index (κ1) is 11.2. The van der Waals surface area contributed by atoms with Crippen molar-refractivity contribution in [3.8, 4) is 0 Å². The molecule has 0 radical (unpaired) electrons. The van der Waals surface area contributed by atoms with Crippen LogP contribution in [0.15, 0.2) is 23.1 Å². The predicted octanol–water partition coefficient (Wildman–Crippen LogP) is 2.17. The van der Waals surface area contributed by atoms with E-state index in [1.807, 2.05) is 0 Å². The fraction of sp³-hybridized carbons (Fsp3) is 0.333. The molecule has 1 aromatic carbocycles. The highest BCUT2D eigenvalue weighted by Gasteiger charge is 2.31. The van der Waals surface area contributed by atoms with Crippen LogP contribution in [0.25, 0.3) is 0 Å². The van der Waals surface area contributed by atoms with E-state index in [-0.39, 0.29) is 21.8 Å². The topological polar surface area (TPSA) is 46.7 Å². The zero-order chi connectivity index (χ0) is 11.1. The third kappa shape index (κ3) is 2.64. The van der Waals surface area contributed by atoms with Gasteiger partial charge in [0.2, 0.25) is 0 Å². The SMILES string of the molecule is O=S(=O)(C[C@@H]1CO1)c1ccc(Cl)cc1Cl. The standard InChI is InChI=1S/C9H8Cl2O3S/c10-6-1-2-9(8(11)3-6)15(12,13)5-7-4-14-7/h1-3,7H,4-5H2/t7-/m0/s1. The van der Waals surface area contributed by atoms with E-state index < -0.39 is 9.84 Å². The lowest BCUT2D eigenvalue weighted by atomic mass is 10.4. The minimum atomic E-state index is -3.36. The molecule has 0 aliphatic carbocycles. The van der Waals surface area contributed by atoms with Gasteiger partial charge in [-0.15, -0.1) is 0 Å². The smallest absolute Gasteiger partial charge is 0.182 e. The highest BCUT2D eigenvalue weighted by atomic mass is 35.5. The van der Waals surface area contributed by atoms with Crippen LogP contribution in [0.5, 0.6) is 0 Å². The monoisotopic (exact) mass is 266 g/mol. The lowest BCUT2D eigenvalue weighted by molar-refractivity contribution is 0.422. The van der Waals surface area contributed by atoms with Gasteiger partial charge in [-0.3, -0.25) is 0 Å². The van der Waals surface area contributed by atoms with Crippen molar-refractivity contribution in [1.82, 2.24) is 0 Å². The Bertz CT molecular complexity index is 480. The van der Waals surface area contributed by atoms with Crippen LogP contribution in [-0.4, -0.2) is 26.9 Å². The fourth-order valence-corrected chi connectivity index (χ4v) is 3.48.